The number of benzene rings is 1. The van der Waals surface area contributed by atoms with Gasteiger partial charge in [0.2, 0.25) is 0 Å². The van der Waals surface area contributed by atoms with Crippen LogP contribution in [0.4, 0.5) is 0 Å². The number of carbonyl (C=O) groups is 1. The third-order valence-electron chi connectivity index (χ3n) is 2.72. The number of halogens is 1. The number of ether oxygens (including phenoxy) is 1. The van der Waals surface area contributed by atoms with Crippen molar-refractivity contribution >= 4 is 17.5 Å². The Labute approximate surface area is 111 Å². The molecule has 1 aliphatic rings. The van der Waals surface area contributed by atoms with Crippen LogP contribution in [0.1, 0.15) is 31.4 Å². The topological polar surface area (TPSA) is 58.6 Å². The second-order valence-electron chi connectivity index (χ2n) is 4.49. The van der Waals surface area contributed by atoms with E-state index in [1.165, 1.54) is 0 Å². The Kier molecular flexibility index (Phi) is 4.09. The van der Waals surface area contributed by atoms with E-state index in [0.29, 0.717) is 22.4 Å². The zero-order valence-corrected chi connectivity index (χ0v) is 10.9. The van der Waals surface area contributed by atoms with Crippen LogP contribution < -0.4 is 10.1 Å². The number of aliphatic hydroxyl groups is 1. The monoisotopic (exact) mass is 269 g/mol. The van der Waals surface area contributed by atoms with Gasteiger partial charge in [0.1, 0.15) is 5.75 Å². The average Bonchev–Trinajstić information content (AvgIpc) is 3.11. The molecule has 1 amide bonds. The molecule has 0 radical (unpaired) electrons. The fourth-order valence-electron chi connectivity index (χ4n) is 1.62. The number of hydrogen-bond acceptors (Lipinski definition) is 3. The number of carbonyl (C=O) groups excluding carboxylic acids is 1. The molecule has 0 aromatic heterocycles. The van der Waals surface area contributed by atoms with Gasteiger partial charge in [0.05, 0.1) is 6.10 Å². The number of hydrogen-bond donors (Lipinski definition) is 2. The molecule has 4 nitrogen and oxygen atoms in total. The number of nitrogens with one attached hydrogen (secondary N) is 1. The molecule has 1 aromatic carbocycles. The summed E-state index contributed by atoms with van der Waals surface area (Å²) >= 11 is 5.85. The largest absolute Gasteiger partial charge is 0.483 e. The van der Waals surface area contributed by atoms with Gasteiger partial charge in [0.25, 0.3) is 5.91 Å². The lowest BCUT2D eigenvalue weighted by Crippen LogP contribution is -2.30. The highest BCUT2D eigenvalue weighted by atomic mass is 35.5. The van der Waals surface area contributed by atoms with E-state index in [4.69, 9.17) is 16.3 Å². The number of amides is 1. The lowest BCUT2D eigenvalue weighted by molar-refractivity contribution is -0.123. The van der Waals surface area contributed by atoms with Crippen molar-refractivity contribution in [3.8, 4) is 5.75 Å². The third-order valence-corrected chi connectivity index (χ3v) is 2.96. The van der Waals surface area contributed by atoms with E-state index in [9.17, 15) is 9.90 Å². The molecule has 0 bridgehead atoms. The van der Waals surface area contributed by atoms with E-state index >= 15 is 0 Å². The van der Waals surface area contributed by atoms with Crippen molar-refractivity contribution in [2.45, 2.75) is 31.9 Å². The van der Waals surface area contributed by atoms with Gasteiger partial charge in [0.15, 0.2) is 6.61 Å². The lowest BCUT2D eigenvalue weighted by atomic mass is 10.1. The summed E-state index contributed by atoms with van der Waals surface area (Å²) in [5, 5.41) is 13.0. The second kappa shape index (κ2) is 5.59. The van der Waals surface area contributed by atoms with Gasteiger partial charge in [-0.2, -0.15) is 0 Å². The molecule has 1 atom stereocenters. The van der Waals surface area contributed by atoms with Gasteiger partial charge < -0.3 is 15.2 Å². The highest BCUT2D eigenvalue weighted by Gasteiger charge is 2.23. The lowest BCUT2D eigenvalue weighted by Gasteiger charge is -2.13. The quantitative estimate of drug-likeness (QED) is 0.860. The Morgan fingerprint density at radius 2 is 2.33 bits per heavy atom. The standard InChI is InChI=1S/C13H16ClNO3/c1-8(16)11-6-9(14)2-5-12(11)18-7-13(17)15-10-3-4-10/h2,5-6,8,10,16H,3-4,7H2,1H3,(H,15,17)/t8-/m0/s1. The first kappa shape index (κ1) is 13.2. The first-order valence-electron chi connectivity index (χ1n) is 5.96. The molecule has 0 saturated heterocycles. The van der Waals surface area contributed by atoms with Crippen molar-refractivity contribution < 1.29 is 14.6 Å². The maximum Gasteiger partial charge on any atom is 0.258 e. The van der Waals surface area contributed by atoms with Crippen molar-refractivity contribution in [1.29, 1.82) is 0 Å². The van der Waals surface area contributed by atoms with Crippen molar-refractivity contribution in [3.63, 3.8) is 0 Å². The summed E-state index contributed by atoms with van der Waals surface area (Å²) in [7, 11) is 0. The van der Waals surface area contributed by atoms with Gasteiger partial charge in [-0.25, -0.2) is 0 Å². The van der Waals surface area contributed by atoms with Crippen molar-refractivity contribution in [2.24, 2.45) is 0 Å². The molecule has 2 N–H and O–H groups in total. The van der Waals surface area contributed by atoms with E-state index in [1.54, 1.807) is 25.1 Å². The van der Waals surface area contributed by atoms with Crippen LogP contribution in [0, 0.1) is 0 Å². The summed E-state index contributed by atoms with van der Waals surface area (Å²) in [5.74, 6) is 0.351. The first-order chi connectivity index (χ1) is 8.56. The van der Waals surface area contributed by atoms with Gasteiger partial charge in [0, 0.05) is 16.6 Å². The minimum absolute atomic E-state index is 0.0438. The molecule has 0 spiro atoms. The average molecular weight is 270 g/mol. The van der Waals surface area contributed by atoms with E-state index in [-0.39, 0.29) is 12.5 Å². The maximum absolute atomic E-state index is 11.5. The molecule has 1 aromatic rings. The fraction of sp³-hybridized carbons (Fsp3) is 0.462. The molecule has 0 aliphatic heterocycles. The molecule has 0 heterocycles. The summed E-state index contributed by atoms with van der Waals surface area (Å²) in [6.45, 7) is 1.58. The molecular weight excluding hydrogens is 254 g/mol. The highest BCUT2D eigenvalue weighted by molar-refractivity contribution is 6.30. The maximum atomic E-state index is 11.5. The smallest absolute Gasteiger partial charge is 0.258 e. The predicted molar refractivity (Wildman–Crippen MR) is 68.7 cm³/mol. The molecule has 18 heavy (non-hydrogen) atoms. The van der Waals surface area contributed by atoms with Crippen LogP contribution >= 0.6 is 11.6 Å². The molecule has 98 valence electrons. The summed E-state index contributed by atoms with van der Waals surface area (Å²) in [6, 6.07) is 5.29. The minimum atomic E-state index is -0.690. The Balaban J connectivity index is 1.96. The van der Waals surface area contributed by atoms with Crippen LogP contribution in [-0.4, -0.2) is 23.7 Å². The Morgan fingerprint density at radius 3 is 2.94 bits per heavy atom. The van der Waals surface area contributed by atoms with Gasteiger partial charge in [-0.05, 0) is 38.0 Å². The van der Waals surface area contributed by atoms with Gasteiger partial charge in [-0.15, -0.1) is 0 Å². The van der Waals surface area contributed by atoms with E-state index in [1.807, 2.05) is 0 Å². The van der Waals surface area contributed by atoms with Gasteiger partial charge >= 0.3 is 0 Å². The van der Waals surface area contributed by atoms with Gasteiger partial charge in [-0.3, -0.25) is 4.79 Å². The van der Waals surface area contributed by atoms with Crippen molar-refractivity contribution in [1.82, 2.24) is 5.32 Å². The Hall–Kier alpha value is -1.26. The molecule has 5 heteroatoms. The van der Waals surface area contributed by atoms with Crippen LogP contribution in [0.5, 0.6) is 5.75 Å². The number of rotatable bonds is 5. The van der Waals surface area contributed by atoms with Crippen molar-refractivity contribution in [2.75, 3.05) is 6.61 Å². The van der Waals surface area contributed by atoms with Crippen LogP contribution in [-0.2, 0) is 4.79 Å². The van der Waals surface area contributed by atoms with E-state index < -0.39 is 6.10 Å². The summed E-state index contributed by atoms with van der Waals surface area (Å²) in [4.78, 5) is 11.5. The predicted octanol–water partition coefficient (Wildman–Crippen LogP) is 2.05. The molecule has 1 saturated carbocycles. The summed E-state index contributed by atoms with van der Waals surface area (Å²) in [5.41, 5.74) is 0.585. The fourth-order valence-corrected chi connectivity index (χ4v) is 1.80. The molecule has 2 rings (SSSR count). The second-order valence-corrected chi connectivity index (χ2v) is 4.93. The minimum Gasteiger partial charge on any atom is -0.483 e. The number of aliphatic hydroxyl groups excluding tert-OH is 1. The van der Waals surface area contributed by atoms with Crippen LogP contribution in [0.25, 0.3) is 0 Å². The normalized spacial score (nSPS) is 16.2. The zero-order chi connectivity index (χ0) is 13.1. The Morgan fingerprint density at radius 1 is 1.61 bits per heavy atom. The molecule has 0 unspecified atom stereocenters. The zero-order valence-electron chi connectivity index (χ0n) is 10.1. The molecular formula is C13H16ClNO3. The summed E-state index contributed by atoms with van der Waals surface area (Å²) in [6.07, 6.45) is 1.40. The van der Waals surface area contributed by atoms with Crippen LogP contribution in [0.3, 0.4) is 0 Å². The van der Waals surface area contributed by atoms with Crippen molar-refractivity contribution in [3.05, 3.63) is 28.8 Å². The SMILES string of the molecule is C[C@H](O)c1cc(Cl)ccc1OCC(=O)NC1CC1. The molecule has 1 fully saturated rings. The molecule has 1 aliphatic carbocycles. The van der Waals surface area contributed by atoms with Crippen LogP contribution in [0.15, 0.2) is 18.2 Å². The van der Waals surface area contributed by atoms with E-state index in [0.717, 1.165) is 12.8 Å². The Bertz CT molecular complexity index is 444. The summed E-state index contributed by atoms with van der Waals surface area (Å²) < 4.78 is 5.41. The van der Waals surface area contributed by atoms with E-state index in [2.05, 4.69) is 5.32 Å². The highest BCUT2D eigenvalue weighted by Crippen LogP contribution is 2.28. The first-order valence-corrected chi connectivity index (χ1v) is 6.33. The van der Waals surface area contributed by atoms with Gasteiger partial charge in [-0.1, -0.05) is 11.6 Å². The third kappa shape index (κ3) is 3.62. The van der Waals surface area contributed by atoms with Crippen LogP contribution in [0.2, 0.25) is 5.02 Å².